The van der Waals surface area contributed by atoms with Gasteiger partial charge in [-0.3, -0.25) is 9.59 Å². The van der Waals surface area contributed by atoms with E-state index in [-0.39, 0.29) is 18.1 Å². The minimum absolute atomic E-state index is 0.135. The summed E-state index contributed by atoms with van der Waals surface area (Å²) in [5.41, 5.74) is 1.98. The smallest absolute Gasteiger partial charge is 0.304 e. The van der Waals surface area contributed by atoms with Crippen LogP contribution in [0.15, 0.2) is 18.2 Å². The van der Waals surface area contributed by atoms with Crippen molar-refractivity contribution in [2.45, 2.75) is 20.3 Å². The second-order valence-corrected chi connectivity index (χ2v) is 9.14. The number of carboxylic acid groups (broad SMARTS) is 1. The molecule has 1 amide bonds. The first-order chi connectivity index (χ1) is 12.4. The zero-order valence-electron chi connectivity index (χ0n) is 14.4. The fourth-order valence-electron chi connectivity index (χ4n) is 2.04. The molecule has 0 saturated heterocycles. The maximum atomic E-state index is 13.4. The minimum Gasteiger partial charge on any atom is -0.481 e. The number of rotatable bonds is 9. The molecule has 0 aliphatic heterocycles. The van der Waals surface area contributed by atoms with E-state index in [0.29, 0.717) is 39.2 Å². The number of nitrogens with one attached hydrogen (secondary N) is 1. The fourth-order valence-corrected chi connectivity index (χ4v) is 4.91. The molecule has 1 aromatic carbocycles. The highest BCUT2D eigenvalue weighted by Crippen LogP contribution is 2.29. The van der Waals surface area contributed by atoms with Gasteiger partial charge in [0, 0.05) is 23.6 Å². The Morgan fingerprint density at radius 2 is 2.00 bits per heavy atom. The monoisotopic (exact) mass is 414 g/mol. The van der Waals surface area contributed by atoms with Crippen LogP contribution in [0.4, 0.5) is 4.39 Å². The van der Waals surface area contributed by atoms with Crippen molar-refractivity contribution in [2.24, 2.45) is 0 Å². The first-order valence-electron chi connectivity index (χ1n) is 7.87. The number of carbonyl (C=O) groups is 2. The van der Waals surface area contributed by atoms with Gasteiger partial charge >= 0.3 is 5.97 Å². The largest absolute Gasteiger partial charge is 0.481 e. The van der Waals surface area contributed by atoms with Crippen LogP contribution in [0.1, 0.15) is 27.3 Å². The fraction of sp³-hybridized carbons (Fsp3) is 0.353. The van der Waals surface area contributed by atoms with E-state index in [2.05, 4.69) is 10.3 Å². The summed E-state index contributed by atoms with van der Waals surface area (Å²) in [5.74, 6) is -0.0144. The second kappa shape index (κ2) is 9.94. The topological polar surface area (TPSA) is 79.3 Å². The van der Waals surface area contributed by atoms with Gasteiger partial charge in [-0.25, -0.2) is 9.37 Å². The van der Waals surface area contributed by atoms with Crippen LogP contribution in [0.5, 0.6) is 0 Å². The summed E-state index contributed by atoms with van der Waals surface area (Å²) in [4.78, 5) is 27.7. The molecule has 0 spiro atoms. The summed E-state index contributed by atoms with van der Waals surface area (Å²) < 4.78 is 13.4. The predicted octanol–water partition coefficient (Wildman–Crippen LogP) is 4.15. The van der Waals surface area contributed by atoms with Gasteiger partial charge in [0.2, 0.25) is 0 Å². The van der Waals surface area contributed by atoms with E-state index < -0.39 is 5.97 Å². The standard InChI is InChI=1S/C17H19FN2O3S3/c1-10-9-12(3-4-13(10)18)17-20-11(2)15(26-17)16(23)19-6-8-25-24-7-5-14(21)22/h3-4,9H,5-8H2,1-2H3,(H,19,23)(H,21,22). The number of aryl methyl sites for hydroxylation is 2. The van der Waals surface area contributed by atoms with Gasteiger partial charge < -0.3 is 10.4 Å². The predicted molar refractivity (Wildman–Crippen MR) is 106 cm³/mol. The number of hydrogen-bond acceptors (Lipinski definition) is 6. The maximum Gasteiger partial charge on any atom is 0.304 e. The van der Waals surface area contributed by atoms with Gasteiger partial charge in [0.15, 0.2) is 0 Å². The number of nitrogens with zero attached hydrogens (tertiary/aromatic N) is 1. The van der Waals surface area contributed by atoms with Gasteiger partial charge in [-0.2, -0.15) is 0 Å². The molecule has 0 aliphatic carbocycles. The van der Waals surface area contributed by atoms with E-state index in [0.717, 1.165) is 5.56 Å². The summed E-state index contributed by atoms with van der Waals surface area (Å²) in [7, 11) is 3.01. The summed E-state index contributed by atoms with van der Waals surface area (Å²) in [6, 6.07) is 4.79. The van der Waals surface area contributed by atoms with Crippen LogP contribution in [-0.2, 0) is 4.79 Å². The molecular weight excluding hydrogens is 395 g/mol. The van der Waals surface area contributed by atoms with Crippen LogP contribution in [-0.4, -0.2) is 40.0 Å². The highest BCUT2D eigenvalue weighted by atomic mass is 33.1. The molecule has 0 atom stereocenters. The summed E-state index contributed by atoms with van der Waals surface area (Å²) >= 11 is 1.29. The van der Waals surface area contributed by atoms with Gasteiger partial charge in [-0.05, 0) is 37.6 Å². The summed E-state index contributed by atoms with van der Waals surface area (Å²) in [6.07, 6.45) is 0.135. The average molecular weight is 415 g/mol. The molecule has 1 heterocycles. The van der Waals surface area contributed by atoms with Crippen molar-refractivity contribution in [3.05, 3.63) is 40.2 Å². The lowest BCUT2D eigenvalue weighted by molar-refractivity contribution is -0.136. The van der Waals surface area contributed by atoms with Crippen molar-refractivity contribution in [2.75, 3.05) is 18.1 Å². The van der Waals surface area contributed by atoms with Gasteiger partial charge in [-0.15, -0.1) is 11.3 Å². The molecule has 9 heteroatoms. The van der Waals surface area contributed by atoms with Crippen molar-refractivity contribution in [3.8, 4) is 10.6 Å². The Labute approximate surface area is 163 Å². The van der Waals surface area contributed by atoms with E-state index in [9.17, 15) is 14.0 Å². The lowest BCUT2D eigenvalue weighted by Gasteiger charge is -2.03. The van der Waals surface area contributed by atoms with E-state index >= 15 is 0 Å². The molecule has 1 aromatic heterocycles. The number of aliphatic carboxylic acids is 1. The molecule has 0 unspecified atom stereocenters. The summed E-state index contributed by atoms with van der Waals surface area (Å²) in [5, 5.41) is 12.1. The Bertz CT molecular complexity index is 796. The molecule has 2 N–H and O–H groups in total. The molecule has 2 rings (SSSR count). The molecule has 0 aliphatic rings. The Morgan fingerprint density at radius 3 is 2.69 bits per heavy atom. The highest BCUT2D eigenvalue weighted by molar-refractivity contribution is 8.76. The summed E-state index contributed by atoms with van der Waals surface area (Å²) in [6.45, 7) is 3.97. The third-order valence-corrected chi connectivity index (χ3v) is 6.97. The Kier molecular flexibility index (Phi) is 7.92. The SMILES string of the molecule is Cc1cc(-c2nc(C)c(C(=O)NCCSSCCC(=O)O)s2)ccc1F. The van der Waals surface area contributed by atoms with Crippen molar-refractivity contribution in [1.29, 1.82) is 0 Å². The van der Waals surface area contributed by atoms with E-state index in [1.807, 2.05) is 0 Å². The van der Waals surface area contributed by atoms with E-state index in [4.69, 9.17) is 5.11 Å². The zero-order chi connectivity index (χ0) is 19.1. The minimum atomic E-state index is -0.806. The first-order valence-corrected chi connectivity index (χ1v) is 11.2. The molecule has 5 nitrogen and oxygen atoms in total. The third kappa shape index (κ3) is 6.00. The van der Waals surface area contributed by atoms with Crippen molar-refractivity contribution < 1.29 is 19.1 Å². The van der Waals surface area contributed by atoms with E-state index in [1.165, 1.54) is 39.0 Å². The van der Waals surface area contributed by atoms with Crippen LogP contribution in [0.3, 0.4) is 0 Å². The number of thiazole rings is 1. The number of benzene rings is 1. The molecule has 0 fully saturated rings. The molecule has 140 valence electrons. The van der Waals surface area contributed by atoms with Crippen LogP contribution >= 0.6 is 32.9 Å². The molecular formula is C17H19FN2O3S3. The van der Waals surface area contributed by atoms with E-state index in [1.54, 1.807) is 26.0 Å². The lowest BCUT2D eigenvalue weighted by Crippen LogP contribution is -2.25. The van der Waals surface area contributed by atoms with Crippen LogP contribution in [0, 0.1) is 19.7 Å². The lowest BCUT2D eigenvalue weighted by atomic mass is 10.1. The quantitative estimate of drug-likeness (QED) is 0.474. The van der Waals surface area contributed by atoms with Crippen LogP contribution in [0.2, 0.25) is 0 Å². The Morgan fingerprint density at radius 1 is 1.27 bits per heavy atom. The van der Waals surface area contributed by atoms with Crippen molar-refractivity contribution in [1.82, 2.24) is 10.3 Å². The second-order valence-electron chi connectivity index (χ2n) is 5.44. The molecule has 0 saturated carbocycles. The number of hydrogen-bond donors (Lipinski definition) is 2. The van der Waals surface area contributed by atoms with Crippen molar-refractivity contribution >= 4 is 44.8 Å². The van der Waals surface area contributed by atoms with Gasteiger partial charge in [-0.1, -0.05) is 21.6 Å². The van der Waals surface area contributed by atoms with Crippen molar-refractivity contribution in [3.63, 3.8) is 0 Å². The van der Waals surface area contributed by atoms with Gasteiger partial charge in [0.1, 0.15) is 15.7 Å². The third-order valence-electron chi connectivity index (χ3n) is 3.36. The first kappa shape index (κ1) is 20.7. The number of aromatic nitrogens is 1. The molecule has 0 radical (unpaired) electrons. The van der Waals surface area contributed by atoms with Gasteiger partial charge in [0.05, 0.1) is 12.1 Å². The Hall–Kier alpha value is -1.58. The maximum absolute atomic E-state index is 13.4. The highest BCUT2D eigenvalue weighted by Gasteiger charge is 2.16. The number of amides is 1. The number of carbonyl (C=O) groups excluding carboxylic acids is 1. The number of halogens is 1. The van der Waals surface area contributed by atoms with Crippen LogP contribution < -0.4 is 5.32 Å². The zero-order valence-corrected chi connectivity index (χ0v) is 16.8. The normalized spacial score (nSPS) is 10.7. The average Bonchev–Trinajstić information content (AvgIpc) is 2.98. The van der Waals surface area contributed by atoms with Crippen LogP contribution in [0.25, 0.3) is 10.6 Å². The molecule has 26 heavy (non-hydrogen) atoms. The number of carboxylic acids is 1. The Balaban J connectivity index is 1.87. The molecule has 0 bridgehead atoms. The van der Waals surface area contributed by atoms with Gasteiger partial charge in [0.25, 0.3) is 5.91 Å². The molecule has 2 aromatic rings.